The number of carbonyl (C=O) groups excluding carboxylic acids is 3. The summed E-state index contributed by atoms with van der Waals surface area (Å²) in [4.78, 5) is 37.4. The molecule has 0 aliphatic carbocycles. The summed E-state index contributed by atoms with van der Waals surface area (Å²) in [5, 5.41) is 5.33. The lowest BCUT2D eigenvalue weighted by Gasteiger charge is -2.32. The van der Waals surface area contributed by atoms with Crippen LogP contribution in [0.5, 0.6) is 0 Å². The predicted molar refractivity (Wildman–Crippen MR) is 118 cm³/mol. The minimum atomic E-state index is -0.330. The number of anilines is 2. The van der Waals surface area contributed by atoms with Gasteiger partial charge in [-0.25, -0.2) is 0 Å². The van der Waals surface area contributed by atoms with Gasteiger partial charge in [0.25, 0.3) is 0 Å². The van der Waals surface area contributed by atoms with E-state index in [0.717, 1.165) is 37.2 Å². The fraction of sp³-hybridized carbons (Fsp3) is 0.261. The zero-order chi connectivity index (χ0) is 21.3. The van der Waals surface area contributed by atoms with Crippen LogP contribution >= 0.6 is 0 Å². The number of piperidine rings is 1. The molecule has 2 aromatic carbocycles. The zero-order valence-corrected chi connectivity index (χ0v) is 16.7. The van der Waals surface area contributed by atoms with Crippen LogP contribution in [0.2, 0.25) is 0 Å². The first-order chi connectivity index (χ1) is 14.5. The minimum Gasteiger partial charge on any atom is -0.371 e. The van der Waals surface area contributed by atoms with E-state index in [9.17, 15) is 14.4 Å². The molecule has 30 heavy (non-hydrogen) atoms. The number of hydrogen-bond acceptors (Lipinski definition) is 4. The highest BCUT2D eigenvalue weighted by Gasteiger charge is 2.23. The van der Waals surface area contributed by atoms with Gasteiger partial charge in [-0.15, -0.1) is 0 Å². The van der Waals surface area contributed by atoms with Crippen molar-refractivity contribution in [3.8, 4) is 0 Å². The van der Waals surface area contributed by atoms with E-state index in [4.69, 9.17) is 5.73 Å². The Morgan fingerprint density at radius 3 is 2.30 bits per heavy atom. The van der Waals surface area contributed by atoms with E-state index in [-0.39, 0.29) is 30.2 Å². The first kappa shape index (κ1) is 21.1. The first-order valence-corrected chi connectivity index (χ1v) is 9.96. The molecule has 0 bridgehead atoms. The minimum absolute atomic E-state index is 0.0439. The molecule has 0 radical (unpaired) electrons. The average Bonchev–Trinajstić information content (AvgIpc) is 2.77. The molecule has 0 spiro atoms. The molecule has 1 aliphatic heterocycles. The Bertz CT molecular complexity index is 902. The van der Waals surface area contributed by atoms with Crippen molar-refractivity contribution in [2.75, 3.05) is 29.9 Å². The Morgan fingerprint density at radius 1 is 1.00 bits per heavy atom. The Kier molecular flexibility index (Phi) is 7.21. The van der Waals surface area contributed by atoms with Crippen LogP contribution in [0.1, 0.15) is 18.4 Å². The molecule has 1 heterocycles. The van der Waals surface area contributed by atoms with E-state index in [0.29, 0.717) is 5.69 Å². The predicted octanol–water partition coefficient (Wildman–Crippen LogP) is 2.16. The lowest BCUT2D eigenvalue weighted by atomic mass is 9.96. The SMILES string of the molecule is NC(=O)C1CCN(c2ccc(NC(=O)CNC(=O)/C=C/c3ccccc3)cc2)CC1. The van der Waals surface area contributed by atoms with Crippen molar-refractivity contribution >= 4 is 35.2 Å². The van der Waals surface area contributed by atoms with Crippen LogP contribution in [-0.4, -0.2) is 37.4 Å². The molecule has 1 aliphatic rings. The van der Waals surface area contributed by atoms with Gasteiger partial charge in [0.05, 0.1) is 6.54 Å². The summed E-state index contributed by atoms with van der Waals surface area (Å²) in [5.74, 6) is -0.900. The summed E-state index contributed by atoms with van der Waals surface area (Å²) in [6.45, 7) is 1.45. The second kappa shape index (κ2) is 10.2. The molecular formula is C23H26N4O3. The van der Waals surface area contributed by atoms with Gasteiger partial charge in [-0.1, -0.05) is 30.3 Å². The third-order valence-electron chi connectivity index (χ3n) is 5.06. The number of carbonyl (C=O) groups is 3. The topological polar surface area (TPSA) is 105 Å². The van der Waals surface area contributed by atoms with Gasteiger partial charge in [0.1, 0.15) is 0 Å². The molecule has 0 atom stereocenters. The van der Waals surface area contributed by atoms with Gasteiger partial charge in [-0.05, 0) is 48.7 Å². The van der Waals surface area contributed by atoms with Crippen LogP contribution < -0.4 is 21.3 Å². The van der Waals surface area contributed by atoms with Crippen molar-refractivity contribution in [1.29, 1.82) is 0 Å². The number of nitrogens with zero attached hydrogens (tertiary/aromatic N) is 1. The maximum atomic E-state index is 12.1. The molecule has 4 N–H and O–H groups in total. The second-order valence-electron chi connectivity index (χ2n) is 7.22. The Labute approximate surface area is 175 Å². The van der Waals surface area contributed by atoms with Crippen LogP contribution in [0, 0.1) is 5.92 Å². The average molecular weight is 406 g/mol. The molecule has 156 valence electrons. The molecule has 2 aromatic rings. The number of benzene rings is 2. The van der Waals surface area contributed by atoms with E-state index in [1.807, 2.05) is 54.6 Å². The van der Waals surface area contributed by atoms with Crippen LogP contribution in [0.3, 0.4) is 0 Å². The van der Waals surface area contributed by atoms with E-state index in [1.54, 1.807) is 6.08 Å². The smallest absolute Gasteiger partial charge is 0.244 e. The lowest BCUT2D eigenvalue weighted by molar-refractivity contribution is -0.122. The van der Waals surface area contributed by atoms with Gasteiger partial charge in [-0.2, -0.15) is 0 Å². The van der Waals surface area contributed by atoms with E-state index < -0.39 is 0 Å². The third kappa shape index (κ3) is 6.20. The maximum Gasteiger partial charge on any atom is 0.244 e. The number of nitrogens with one attached hydrogen (secondary N) is 2. The Hall–Kier alpha value is -3.61. The molecule has 0 unspecified atom stereocenters. The molecule has 7 heteroatoms. The monoisotopic (exact) mass is 406 g/mol. The quantitative estimate of drug-likeness (QED) is 0.613. The Balaban J connectivity index is 1.43. The van der Waals surface area contributed by atoms with Gasteiger partial charge in [-0.3, -0.25) is 14.4 Å². The number of rotatable bonds is 7. The van der Waals surface area contributed by atoms with E-state index in [1.165, 1.54) is 6.08 Å². The molecule has 0 aromatic heterocycles. The Morgan fingerprint density at radius 2 is 1.67 bits per heavy atom. The summed E-state index contributed by atoms with van der Waals surface area (Å²) >= 11 is 0. The van der Waals surface area contributed by atoms with Crippen LogP contribution in [0.15, 0.2) is 60.7 Å². The number of primary amides is 1. The van der Waals surface area contributed by atoms with Crippen LogP contribution in [0.4, 0.5) is 11.4 Å². The maximum absolute atomic E-state index is 12.1. The van der Waals surface area contributed by atoms with Crippen molar-refractivity contribution in [1.82, 2.24) is 5.32 Å². The highest BCUT2D eigenvalue weighted by atomic mass is 16.2. The van der Waals surface area contributed by atoms with Crippen molar-refractivity contribution < 1.29 is 14.4 Å². The lowest BCUT2D eigenvalue weighted by Crippen LogP contribution is -2.38. The highest BCUT2D eigenvalue weighted by molar-refractivity contribution is 5.98. The second-order valence-corrected chi connectivity index (χ2v) is 7.22. The van der Waals surface area contributed by atoms with E-state index >= 15 is 0 Å². The fourth-order valence-electron chi connectivity index (χ4n) is 3.35. The van der Waals surface area contributed by atoms with E-state index in [2.05, 4.69) is 15.5 Å². The van der Waals surface area contributed by atoms with Crippen molar-refractivity contribution in [2.24, 2.45) is 11.7 Å². The molecular weight excluding hydrogens is 380 g/mol. The van der Waals surface area contributed by atoms with Gasteiger partial charge in [0, 0.05) is 36.5 Å². The number of nitrogens with two attached hydrogens (primary N) is 1. The van der Waals surface area contributed by atoms with Crippen LogP contribution in [0.25, 0.3) is 6.08 Å². The normalized spacial score (nSPS) is 14.5. The standard InChI is InChI=1S/C23H26N4O3/c24-23(30)18-12-14-27(15-13-18)20-9-7-19(8-10-20)26-22(29)16-25-21(28)11-6-17-4-2-1-3-5-17/h1-11,18H,12-16H2,(H2,24,30)(H,25,28)(H,26,29)/b11-6+. The third-order valence-corrected chi connectivity index (χ3v) is 5.06. The molecule has 0 saturated carbocycles. The summed E-state index contributed by atoms with van der Waals surface area (Å²) < 4.78 is 0. The number of amides is 3. The first-order valence-electron chi connectivity index (χ1n) is 9.96. The highest BCUT2D eigenvalue weighted by Crippen LogP contribution is 2.24. The fourth-order valence-corrected chi connectivity index (χ4v) is 3.35. The zero-order valence-electron chi connectivity index (χ0n) is 16.7. The van der Waals surface area contributed by atoms with Gasteiger partial charge < -0.3 is 21.3 Å². The molecule has 1 saturated heterocycles. The summed E-state index contributed by atoms with van der Waals surface area (Å²) in [7, 11) is 0. The van der Waals surface area contributed by atoms with Crippen molar-refractivity contribution in [3.05, 3.63) is 66.2 Å². The largest absolute Gasteiger partial charge is 0.371 e. The van der Waals surface area contributed by atoms with Crippen LogP contribution in [-0.2, 0) is 14.4 Å². The summed E-state index contributed by atoms with van der Waals surface area (Å²) in [6, 6.07) is 17.0. The van der Waals surface area contributed by atoms with Crippen molar-refractivity contribution in [3.63, 3.8) is 0 Å². The van der Waals surface area contributed by atoms with Gasteiger partial charge >= 0.3 is 0 Å². The summed E-state index contributed by atoms with van der Waals surface area (Å²) in [6.07, 6.45) is 4.61. The molecule has 1 fully saturated rings. The van der Waals surface area contributed by atoms with Gasteiger partial charge in [0.2, 0.25) is 17.7 Å². The molecule has 7 nitrogen and oxygen atoms in total. The molecule has 3 rings (SSSR count). The summed E-state index contributed by atoms with van der Waals surface area (Å²) in [5.41, 5.74) is 7.98. The van der Waals surface area contributed by atoms with Gasteiger partial charge in [0.15, 0.2) is 0 Å². The number of hydrogen-bond donors (Lipinski definition) is 3. The molecule has 3 amide bonds. The van der Waals surface area contributed by atoms with Crippen molar-refractivity contribution in [2.45, 2.75) is 12.8 Å².